The molecule has 2 rings (SSSR count). The van der Waals surface area contributed by atoms with E-state index in [0.29, 0.717) is 5.69 Å². The third-order valence-corrected chi connectivity index (χ3v) is 3.92. The van der Waals surface area contributed by atoms with Crippen LogP contribution in [0.2, 0.25) is 0 Å². The first-order valence-electron chi connectivity index (χ1n) is 7.73. The van der Waals surface area contributed by atoms with E-state index in [2.05, 4.69) is 5.32 Å². The van der Waals surface area contributed by atoms with Gasteiger partial charge in [-0.25, -0.2) is 0 Å². The van der Waals surface area contributed by atoms with E-state index in [-0.39, 0.29) is 30.9 Å². The van der Waals surface area contributed by atoms with Crippen LogP contribution in [-0.4, -0.2) is 42.9 Å². The van der Waals surface area contributed by atoms with Crippen molar-refractivity contribution in [2.45, 2.75) is 26.2 Å². The Morgan fingerprint density at radius 1 is 1.22 bits per heavy atom. The van der Waals surface area contributed by atoms with Crippen LogP contribution in [0.1, 0.15) is 24.8 Å². The van der Waals surface area contributed by atoms with Gasteiger partial charge in [0.2, 0.25) is 5.91 Å². The number of nitrogens with zero attached hydrogens (tertiary/aromatic N) is 1. The zero-order valence-electron chi connectivity index (χ0n) is 13.5. The summed E-state index contributed by atoms with van der Waals surface area (Å²) in [6.45, 7) is 1.56. The summed E-state index contributed by atoms with van der Waals surface area (Å²) in [5, 5.41) is 2.72. The summed E-state index contributed by atoms with van der Waals surface area (Å²) in [6, 6.07) is 7.39. The third-order valence-electron chi connectivity index (χ3n) is 3.92. The lowest BCUT2D eigenvalue weighted by molar-refractivity contribution is -0.157. The molecule has 23 heavy (non-hydrogen) atoms. The molecule has 1 aliphatic carbocycles. The van der Waals surface area contributed by atoms with Crippen LogP contribution in [0.4, 0.5) is 5.69 Å². The normalized spacial score (nSPS) is 13.8. The van der Waals surface area contributed by atoms with Crippen molar-refractivity contribution in [2.75, 3.05) is 25.5 Å². The van der Waals surface area contributed by atoms with Crippen molar-refractivity contribution in [1.29, 1.82) is 0 Å². The van der Waals surface area contributed by atoms with Gasteiger partial charge in [-0.15, -0.1) is 0 Å². The molecule has 0 aromatic heterocycles. The molecular weight excluding hydrogens is 296 g/mol. The van der Waals surface area contributed by atoms with Gasteiger partial charge < -0.3 is 15.0 Å². The van der Waals surface area contributed by atoms with Crippen LogP contribution in [0.5, 0.6) is 0 Å². The molecule has 0 heterocycles. The molecule has 6 nitrogen and oxygen atoms in total. The van der Waals surface area contributed by atoms with Crippen molar-refractivity contribution in [3.63, 3.8) is 0 Å². The zero-order chi connectivity index (χ0) is 16.8. The molecule has 0 aliphatic heterocycles. The molecule has 0 bridgehead atoms. The van der Waals surface area contributed by atoms with E-state index in [1.807, 2.05) is 19.1 Å². The number of nitrogens with one attached hydrogen (secondary N) is 1. The highest BCUT2D eigenvalue weighted by molar-refractivity contribution is 5.94. The molecule has 2 amide bonds. The molecule has 124 valence electrons. The van der Waals surface area contributed by atoms with E-state index in [1.54, 1.807) is 12.1 Å². The number of anilines is 1. The fraction of sp³-hybridized carbons (Fsp3) is 0.471. The summed E-state index contributed by atoms with van der Waals surface area (Å²) < 4.78 is 4.98. The fourth-order valence-corrected chi connectivity index (χ4v) is 2.15. The van der Waals surface area contributed by atoms with Crippen molar-refractivity contribution in [3.05, 3.63) is 29.8 Å². The van der Waals surface area contributed by atoms with Gasteiger partial charge in [0.15, 0.2) is 6.61 Å². The first kappa shape index (κ1) is 17.0. The van der Waals surface area contributed by atoms with Crippen LogP contribution in [0.15, 0.2) is 24.3 Å². The number of carbonyl (C=O) groups is 3. The number of rotatable bonds is 6. The average molecular weight is 318 g/mol. The molecule has 1 aromatic carbocycles. The van der Waals surface area contributed by atoms with Gasteiger partial charge in [0.1, 0.15) is 0 Å². The quantitative estimate of drug-likeness (QED) is 0.811. The second kappa shape index (κ2) is 7.76. The maximum Gasteiger partial charge on any atom is 0.309 e. The van der Waals surface area contributed by atoms with Gasteiger partial charge in [0.05, 0.1) is 12.5 Å². The van der Waals surface area contributed by atoms with Crippen molar-refractivity contribution >= 4 is 23.5 Å². The number of ether oxygens (including phenoxy) is 1. The lowest BCUT2D eigenvalue weighted by Crippen LogP contribution is -2.38. The van der Waals surface area contributed by atoms with Gasteiger partial charge in [-0.05, 0) is 31.9 Å². The Bertz CT molecular complexity index is 579. The number of hydrogen-bond acceptors (Lipinski definition) is 4. The van der Waals surface area contributed by atoms with Crippen molar-refractivity contribution in [1.82, 2.24) is 4.90 Å². The van der Waals surface area contributed by atoms with Crippen LogP contribution in [-0.2, 0) is 19.1 Å². The highest BCUT2D eigenvalue weighted by Crippen LogP contribution is 2.27. The van der Waals surface area contributed by atoms with Crippen LogP contribution < -0.4 is 5.32 Å². The monoisotopic (exact) mass is 318 g/mol. The molecule has 0 saturated heterocycles. The molecule has 0 atom stereocenters. The minimum absolute atomic E-state index is 0.0575. The number of likely N-dealkylation sites (N-methyl/N-ethyl adjacent to an activating group) is 1. The van der Waals surface area contributed by atoms with E-state index in [4.69, 9.17) is 4.74 Å². The minimum atomic E-state index is -0.392. The highest BCUT2D eigenvalue weighted by atomic mass is 16.5. The molecule has 1 fully saturated rings. The summed E-state index contributed by atoms with van der Waals surface area (Å²) in [5.74, 6) is -1.06. The zero-order valence-corrected chi connectivity index (χ0v) is 13.5. The molecule has 0 radical (unpaired) electrons. The molecule has 1 aromatic rings. The van der Waals surface area contributed by atoms with Crippen LogP contribution in [0.3, 0.4) is 0 Å². The van der Waals surface area contributed by atoms with Gasteiger partial charge in [0, 0.05) is 12.7 Å². The molecule has 6 heteroatoms. The van der Waals surface area contributed by atoms with E-state index in [9.17, 15) is 14.4 Å². The number of carbonyl (C=O) groups excluding carboxylic acids is 3. The van der Waals surface area contributed by atoms with Gasteiger partial charge in [-0.1, -0.05) is 24.1 Å². The van der Waals surface area contributed by atoms with Crippen LogP contribution in [0, 0.1) is 12.8 Å². The largest absolute Gasteiger partial charge is 0.455 e. The van der Waals surface area contributed by atoms with Crippen LogP contribution >= 0.6 is 0 Å². The van der Waals surface area contributed by atoms with Crippen molar-refractivity contribution < 1.29 is 19.1 Å². The number of hydrogen-bond donors (Lipinski definition) is 1. The first-order chi connectivity index (χ1) is 11.0. The Labute approximate surface area is 135 Å². The standard InChI is InChI=1S/C17H22N2O4/c1-12-6-8-14(9-7-12)18-15(20)10-19(2)16(21)11-23-17(22)13-4-3-5-13/h6-9,13H,3-5,10-11H2,1-2H3,(H,18,20). The summed E-state index contributed by atoms with van der Waals surface area (Å²) in [4.78, 5) is 36.6. The lowest BCUT2D eigenvalue weighted by Gasteiger charge is -2.23. The Hall–Kier alpha value is -2.37. The second-order valence-electron chi connectivity index (χ2n) is 5.90. The van der Waals surface area contributed by atoms with Gasteiger partial charge >= 0.3 is 5.97 Å². The van der Waals surface area contributed by atoms with E-state index >= 15 is 0 Å². The Morgan fingerprint density at radius 2 is 1.87 bits per heavy atom. The fourth-order valence-electron chi connectivity index (χ4n) is 2.15. The summed E-state index contributed by atoms with van der Waals surface area (Å²) >= 11 is 0. The number of esters is 1. The maximum atomic E-state index is 11.9. The Morgan fingerprint density at radius 3 is 2.43 bits per heavy atom. The molecule has 0 spiro atoms. The van der Waals surface area contributed by atoms with E-state index in [1.165, 1.54) is 11.9 Å². The maximum absolute atomic E-state index is 11.9. The third kappa shape index (κ3) is 5.09. The summed E-state index contributed by atoms with van der Waals surface area (Å²) in [6.07, 6.45) is 2.70. The summed E-state index contributed by atoms with van der Waals surface area (Å²) in [5.41, 5.74) is 1.78. The predicted octanol–water partition coefficient (Wildman–Crippen LogP) is 1.74. The molecule has 1 saturated carbocycles. The van der Waals surface area contributed by atoms with Crippen molar-refractivity contribution in [2.24, 2.45) is 5.92 Å². The second-order valence-corrected chi connectivity index (χ2v) is 5.90. The minimum Gasteiger partial charge on any atom is -0.455 e. The molecule has 1 N–H and O–H groups in total. The smallest absolute Gasteiger partial charge is 0.309 e. The lowest BCUT2D eigenvalue weighted by atomic mass is 9.86. The highest BCUT2D eigenvalue weighted by Gasteiger charge is 2.27. The van der Waals surface area contributed by atoms with Gasteiger partial charge in [0.25, 0.3) is 5.91 Å². The SMILES string of the molecule is Cc1ccc(NC(=O)CN(C)C(=O)COC(=O)C2CCC2)cc1. The number of benzene rings is 1. The molecule has 1 aliphatic rings. The van der Waals surface area contributed by atoms with Gasteiger partial charge in [-0.3, -0.25) is 14.4 Å². The van der Waals surface area contributed by atoms with Crippen molar-refractivity contribution in [3.8, 4) is 0 Å². The summed E-state index contributed by atoms with van der Waals surface area (Å²) in [7, 11) is 1.51. The first-order valence-corrected chi connectivity index (χ1v) is 7.73. The van der Waals surface area contributed by atoms with Crippen LogP contribution in [0.25, 0.3) is 0 Å². The Kier molecular flexibility index (Phi) is 5.73. The molecule has 0 unspecified atom stereocenters. The number of aryl methyl sites for hydroxylation is 1. The van der Waals surface area contributed by atoms with Gasteiger partial charge in [-0.2, -0.15) is 0 Å². The topological polar surface area (TPSA) is 75.7 Å². The number of amides is 2. The van der Waals surface area contributed by atoms with E-state index in [0.717, 1.165) is 24.8 Å². The predicted molar refractivity (Wildman–Crippen MR) is 85.7 cm³/mol. The molecular formula is C17H22N2O4. The average Bonchev–Trinajstić information content (AvgIpc) is 2.45. The Balaban J connectivity index is 1.72. The van der Waals surface area contributed by atoms with E-state index < -0.39 is 5.91 Å².